The number of benzene rings is 1. The number of phenols is 1. The Kier molecular flexibility index (Phi) is 6.17. The molecule has 0 spiro atoms. The monoisotopic (exact) mass is 384 g/mol. The molecule has 2 atom stereocenters. The maximum atomic E-state index is 11.7. The Morgan fingerprint density at radius 2 is 1.57 bits per heavy atom. The minimum Gasteiger partial charge on any atom is -0.508 e. The van der Waals surface area contributed by atoms with Crippen LogP contribution in [0.25, 0.3) is 0 Å². The summed E-state index contributed by atoms with van der Waals surface area (Å²) in [7, 11) is 3.64. The van der Waals surface area contributed by atoms with E-state index in [2.05, 4.69) is 0 Å². The number of likely N-dealkylation sites (N-methyl/N-ethyl adjacent to an activating group) is 1. The summed E-state index contributed by atoms with van der Waals surface area (Å²) in [4.78, 5) is 38.0. The van der Waals surface area contributed by atoms with E-state index in [9.17, 15) is 19.5 Å². The minimum absolute atomic E-state index is 0.00394. The third-order valence-corrected chi connectivity index (χ3v) is 5.81. The van der Waals surface area contributed by atoms with Gasteiger partial charge in [-0.1, -0.05) is 17.7 Å². The second-order valence-corrected chi connectivity index (χ2v) is 7.84. The molecule has 4 rings (SSSR count). The van der Waals surface area contributed by atoms with Gasteiger partial charge in [-0.25, -0.2) is 0 Å². The molecule has 2 aliphatic heterocycles. The Morgan fingerprint density at radius 1 is 0.929 bits per heavy atom. The van der Waals surface area contributed by atoms with E-state index in [0.29, 0.717) is 6.42 Å². The molecule has 28 heavy (non-hydrogen) atoms. The minimum atomic E-state index is -0.0629. The van der Waals surface area contributed by atoms with Gasteiger partial charge in [0.2, 0.25) is 11.8 Å². The van der Waals surface area contributed by atoms with Crippen LogP contribution in [-0.2, 0) is 14.4 Å². The zero-order valence-corrected chi connectivity index (χ0v) is 16.6. The molecule has 3 aliphatic rings. The predicted octanol–water partition coefficient (Wildman–Crippen LogP) is 2.48. The van der Waals surface area contributed by atoms with Gasteiger partial charge < -0.3 is 14.9 Å². The second-order valence-electron chi connectivity index (χ2n) is 7.84. The number of amides is 2. The van der Waals surface area contributed by atoms with E-state index >= 15 is 0 Å². The van der Waals surface area contributed by atoms with Crippen molar-refractivity contribution in [3.05, 3.63) is 41.5 Å². The molecular formula is C22H28N2O4. The van der Waals surface area contributed by atoms with Crippen LogP contribution >= 0.6 is 0 Å². The smallest absolute Gasteiger partial charge is 0.229 e. The molecule has 1 N–H and O–H groups in total. The van der Waals surface area contributed by atoms with Gasteiger partial charge >= 0.3 is 0 Å². The van der Waals surface area contributed by atoms with Crippen LogP contribution in [-0.4, -0.2) is 59.7 Å². The van der Waals surface area contributed by atoms with Crippen LogP contribution in [0.3, 0.4) is 0 Å². The summed E-state index contributed by atoms with van der Waals surface area (Å²) in [6.45, 7) is 1.63. The quantitative estimate of drug-likeness (QED) is 0.850. The number of aromatic hydroxyl groups is 1. The first kappa shape index (κ1) is 20.1. The normalized spacial score (nSPS) is 24.9. The topological polar surface area (TPSA) is 77.9 Å². The lowest BCUT2D eigenvalue weighted by Gasteiger charge is -2.17. The van der Waals surface area contributed by atoms with Crippen molar-refractivity contribution in [1.29, 1.82) is 0 Å². The summed E-state index contributed by atoms with van der Waals surface area (Å²) < 4.78 is 0. The number of nitrogens with zero attached hydrogens (tertiary/aromatic N) is 2. The van der Waals surface area contributed by atoms with E-state index in [-0.39, 0.29) is 35.2 Å². The van der Waals surface area contributed by atoms with Gasteiger partial charge in [-0.15, -0.1) is 0 Å². The summed E-state index contributed by atoms with van der Waals surface area (Å²) in [5.41, 5.74) is 1.98. The maximum Gasteiger partial charge on any atom is 0.229 e. The van der Waals surface area contributed by atoms with Crippen LogP contribution in [0, 0.1) is 5.92 Å². The van der Waals surface area contributed by atoms with E-state index in [4.69, 9.17) is 0 Å². The number of ketones is 1. The van der Waals surface area contributed by atoms with Crippen molar-refractivity contribution in [2.45, 2.75) is 38.0 Å². The number of carbonyl (C=O) groups is 3. The van der Waals surface area contributed by atoms with Gasteiger partial charge in [-0.3, -0.25) is 14.4 Å². The maximum absolute atomic E-state index is 11.7. The van der Waals surface area contributed by atoms with Crippen LogP contribution in [0.5, 0.6) is 5.75 Å². The van der Waals surface area contributed by atoms with Crippen molar-refractivity contribution in [1.82, 2.24) is 9.80 Å². The number of allylic oxidation sites excluding steroid dienone is 1. The number of carbonyl (C=O) groups excluding carboxylic acids is 3. The summed E-state index contributed by atoms with van der Waals surface area (Å²) in [6, 6.07) is 6.95. The fourth-order valence-electron chi connectivity index (χ4n) is 4.13. The van der Waals surface area contributed by atoms with E-state index in [1.807, 2.05) is 20.2 Å². The summed E-state index contributed by atoms with van der Waals surface area (Å²) in [5, 5.41) is 9.30. The molecule has 0 radical (unpaired) electrons. The van der Waals surface area contributed by atoms with Gasteiger partial charge in [0.15, 0.2) is 5.78 Å². The highest BCUT2D eigenvalue weighted by molar-refractivity contribution is 5.93. The van der Waals surface area contributed by atoms with E-state index in [1.54, 1.807) is 34.1 Å². The first-order valence-corrected chi connectivity index (χ1v) is 9.89. The van der Waals surface area contributed by atoms with Crippen LogP contribution < -0.4 is 0 Å². The average molecular weight is 384 g/mol. The van der Waals surface area contributed by atoms with Crippen molar-refractivity contribution in [2.75, 3.05) is 27.2 Å². The average Bonchev–Trinajstić information content (AvgIpc) is 3.18. The summed E-state index contributed by atoms with van der Waals surface area (Å²) in [6.07, 6.45) is 5.92. The molecule has 6 heteroatoms. The van der Waals surface area contributed by atoms with Crippen LogP contribution in [0.15, 0.2) is 35.9 Å². The highest BCUT2D eigenvalue weighted by Crippen LogP contribution is 2.30. The van der Waals surface area contributed by atoms with E-state index in [1.165, 1.54) is 0 Å². The van der Waals surface area contributed by atoms with E-state index < -0.39 is 0 Å². The number of hydrogen-bond acceptors (Lipinski definition) is 4. The fraction of sp³-hybridized carbons (Fsp3) is 0.500. The molecule has 2 unspecified atom stereocenters. The molecular weight excluding hydrogens is 356 g/mol. The molecule has 1 aromatic rings. The van der Waals surface area contributed by atoms with E-state index in [0.717, 1.165) is 49.9 Å². The molecule has 0 bridgehead atoms. The molecule has 150 valence electrons. The Hall–Kier alpha value is -2.63. The van der Waals surface area contributed by atoms with Gasteiger partial charge in [-0.2, -0.15) is 0 Å². The molecule has 6 nitrogen and oxygen atoms in total. The standard InChI is InChI=1S/C11H15NO2.C11H13NO2/c2*1-12-6-5-10(11(12)14)8-3-2-4-9(13)7-8/h7,10H,2-6H2,1H3;2-4,7,10,13H,5-6H2,1H3. The van der Waals surface area contributed by atoms with Crippen LogP contribution in [0.1, 0.15) is 43.6 Å². The lowest BCUT2D eigenvalue weighted by Crippen LogP contribution is -2.24. The van der Waals surface area contributed by atoms with Gasteiger partial charge in [-0.05, 0) is 49.5 Å². The van der Waals surface area contributed by atoms with Crippen molar-refractivity contribution < 1.29 is 19.5 Å². The Balaban J connectivity index is 0.000000161. The second kappa shape index (κ2) is 8.59. The Morgan fingerprint density at radius 3 is 2.11 bits per heavy atom. The number of phenolic OH excluding ortho intramolecular Hbond substituents is 1. The Bertz CT molecular complexity index is 801. The number of likely N-dealkylation sites (tertiary alicyclic amines) is 2. The molecule has 2 heterocycles. The molecule has 1 aromatic carbocycles. The predicted molar refractivity (Wildman–Crippen MR) is 106 cm³/mol. The highest BCUT2D eigenvalue weighted by atomic mass is 16.3. The molecule has 1 aliphatic carbocycles. The third kappa shape index (κ3) is 4.43. The number of rotatable bonds is 2. The molecule has 0 aromatic heterocycles. The van der Waals surface area contributed by atoms with Gasteiger partial charge in [0.1, 0.15) is 5.75 Å². The molecule has 2 saturated heterocycles. The van der Waals surface area contributed by atoms with Gasteiger partial charge in [0.25, 0.3) is 0 Å². The van der Waals surface area contributed by atoms with Gasteiger partial charge in [0.05, 0.1) is 11.8 Å². The number of hydrogen-bond donors (Lipinski definition) is 1. The largest absolute Gasteiger partial charge is 0.508 e. The molecule has 2 fully saturated rings. The van der Waals surface area contributed by atoms with Crippen LogP contribution in [0.2, 0.25) is 0 Å². The zero-order valence-electron chi connectivity index (χ0n) is 16.6. The van der Waals surface area contributed by atoms with Crippen molar-refractivity contribution in [2.24, 2.45) is 5.92 Å². The van der Waals surface area contributed by atoms with Gasteiger partial charge in [0, 0.05) is 33.6 Å². The zero-order chi connectivity index (χ0) is 20.3. The fourth-order valence-corrected chi connectivity index (χ4v) is 4.13. The first-order chi connectivity index (χ1) is 13.4. The highest BCUT2D eigenvalue weighted by Gasteiger charge is 2.33. The van der Waals surface area contributed by atoms with Crippen molar-refractivity contribution in [3.8, 4) is 5.75 Å². The molecule has 2 amide bonds. The molecule has 0 saturated carbocycles. The Labute approximate surface area is 165 Å². The lowest BCUT2D eigenvalue weighted by molar-refractivity contribution is -0.129. The SMILES string of the molecule is CN1CCC(C2=CC(=O)CCC2)C1=O.CN1CCC(c2cccc(O)c2)C1=O. The van der Waals surface area contributed by atoms with Crippen molar-refractivity contribution >= 4 is 17.6 Å². The van der Waals surface area contributed by atoms with Crippen molar-refractivity contribution in [3.63, 3.8) is 0 Å². The first-order valence-electron chi connectivity index (χ1n) is 9.89. The lowest BCUT2D eigenvalue weighted by atomic mass is 9.88. The van der Waals surface area contributed by atoms with Crippen LogP contribution in [0.4, 0.5) is 0 Å². The summed E-state index contributed by atoms with van der Waals surface area (Å²) in [5.74, 6) is 0.691. The summed E-state index contributed by atoms with van der Waals surface area (Å²) >= 11 is 0. The third-order valence-electron chi connectivity index (χ3n) is 5.81.